The second-order valence-corrected chi connectivity index (χ2v) is 6.36. The van der Waals surface area contributed by atoms with Crippen molar-refractivity contribution in [2.24, 2.45) is 16.8 Å². The van der Waals surface area contributed by atoms with Crippen molar-refractivity contribution < 1.29 is 0 Å². The molecule has 3 nitrogen and oxygen atoms in total. The van der Waals surface area contributed by atoms with Gasteiger partial charge >= 0.3 is 0 Å². The molecular weight excluding hydrogens is 369 g/mol. The van der Waals surface area contributed by atoms with E-state index in [0.29, 0.717) is 0 Å². The SMILES string of the molecule is CN=C(NCc1cccs1)N1CC(C)CC(C)C1.I. The largest absolute Gasteiger partial charge is 0.351 e. The molecule has 1 fully saturated rings. The summed E-state index contributed by atoms with van der Waals surface area (Å²) in [6.45, 7) is 7.77. The highest BCUT2D eigenvalue weighted by Crippen LogP contribution is 2.21. The highest BCUT2D eigenvalue weighted by molar-refractivity contribution is 14.0. The number of nitrogens with one attached hydrogen (secondary N) is 1. The zero-order valence-electron chi connectivity index (χ0n) is 11.9. The van der Waals surface area contributed by atoms with Crippen LogP contribution >= 0.6 is 35.3 Å². The average molecular weight is 393 g/mol. The van der Waals surface area contributed by atoms with Gasteiger partial charge in [0.15, 0.2) is 5.96 Å². The molecule has 2 atom stereocenters. The Morgan fingerprint density at radius 2 is 2.11 bits per heavy atom. The van der Waals surface area contributed by atoms with Gasteiger partial charge in [0.1, 0.15) is 0 Å². The van der Waals surface area contributed by atoms with E-state index in [1.807, 2.05) is 7.05 Å². The second kappa shape index (κ2) is 8.09. The third-order valence-corrected chi connectivity index (χ3v) is 4.26. The van der Waals surface area contributed by atoms with E-state index in [1.54, 1.807) is 11.3 Å². The summed E-state index contributed by atoms with van der Waals surface area (Å²) in [6, 6.07) is 4.25. The molecule has 2 heterocycles. The van der Waals surface area contributed by atoms with Gasteiger partial charge in [-0.25, -0.2) is 0 Å². The Balaban J connectivity index is 0.00000180. The van der Waals surface area contributed by atoms with E-state index in [0.717, 1.165) is 37.4 Å². The molecule has 19 heavy (non-hydrogen) atoms. The maximum absolute atomic E-state index is 4.42. The van der Waals surface area contributed by atoms with Crippen LogP contribution in [-0.4, -0.2) is 31.0 Å². The third kappa shape index (κ3) is 4.95. The molecule has 2 unspecified atom stereocenters. The summed E-state index contributed by atoms with van der Waals surface area (Å²) in [5.41, 5.74) is 0. The maximum atomic E-state index is 4.42. The first-order valence-corrected chi connectivity index (χ1v) is 7.55. The Labute approximate surface area is 137 Å². The zero-order valence-corrected chi connectivity index (χ0v) is 15.1. The molecule has 0 bridgehead atoms. The lowest BCUT2D eigenvalue weighted by Crippen LogP contribution is -2.48. The predicted molar refractivity (Wildman–Crippen MR) is 94.5 cm³/mol. The molecule has 1 aromatic rings. The molecule has 0 aliphatic carbocycles. The lowest BCUT2D eigenvalue weighted by atomic mass is 9.92. The molecule has 0 aromatic carbocycles. The van der Waals surface area contributed by atoms with Crippen molar-refractivity contribution in [3.63, 3.8) is 0 Å². The summed E-state index contributed by atoms with van der Waals surface area (Å²) in [6.07, 6.45) is 1.33. The number of hydrogen-bond acceptors (Lipinski definition) is 2. The van der Waals surface area contributed by atoms with Crippen LogP contribution in [0.2, 0.25) is 0 Å². The van der Waals surface area contributed by atoms with Crippen LogP contribution in [0.5, 0.6) is 0 Å². The Morgan fingerprint density at radius 3 is 2.63 bits per heavy atom. The van der Waals surface area contributed by atoms with Gasteiger partial charge in [0, 0.05) is 25.0 Å². The minimum Gasteiger partial charge on any atom is -0.351 e. The van der Waals surface area contributed by atoms with E-state index in [9.17, 15) is 0 Å². The highest BCUT2D eigenvalue weighted by Gasteiger charge is 2.23. The van der Waals surface area contributed by atoms with Crippen molar-refractivity contribution in [3.8, 4) is 0 Å². The standard InChI is InChI=1S/C14H23N3S.HI/c1-11-7-12(2)10-17(9-11)14(15-3)16-8-13-5-4-6-18-13;/h4-6,11-12H,7-10H2,1-3H3,(H,15,16);1H. The Morgan fingerprint density at radius 1 is 1.42 bits per heavy atom. The minimum absolute atomic E-state index is 0. The van der Waals surface area contributed by atoms with Crippen LogP contribution in [0.1, 0.15) is 25.1 Å². The molecule has 108 valence electrons. The van der Waals surface area contributed by atoms with E-state index >= 15 is 0 Å². The van der Waals surface area contributed by atoms with Gasteiger partial charge < -0.3 is 10.2 Å². The molecule has 1 N–H and O–H groups in total. The van der Waals surface area contributed by atoms with Gasteiger partial charge in [-0.3, -0.25) is 4.99 Å². The summed E-state index contributed by atoms with van der Waals surface area (Å²) < 4.78 is 0. The van der Waals surface area contributed by atoms with Crippen molar-refractivity contribution in [2.75, 3.05) is 20.1 Å². The van der Waals surface area contributed by atoms with E-state index in [2.05, 4.69) is 46.6 Å². The maximum Gasteiger partial charge on any atom is 0.193 e. The van der Waals surface area contributed by atoms with Crippen LogP contribution in [0.4, 0.5) is 0 Å². The molecular formula is C14H24IN3S. The Bertz CT molecular complexity index is 381. The number of nitrogens with zero attached hydrogens (tertiary/aromatic N) is 2. The van der Waals surface area contributed by atoms with Gasteiger partial charge in [0.05, 0.1) is 6.54 Å². The van der Waals surface area contributed by atoms with Gasteiger partial charge in [-0.15, -0.1) is 35.3 Å². The van der Waals surface area contributed by atoms with Gasteiger partial charge in [0.2, 0.25) is 0 Å². The van der Waals surface area contributed by atoms with Gasteiger partial charge in [0.25, 0.3) is 0 Å². The van der Waals surface area contributed by atoms with Crippen LogP contribution in [0.15, 0.2) is 22.5 Å². The third-order valence-electron chi connectivity index (χ3n) is 3.38. The first-order valence-electron chi connectivity index (χ1n) is 6.67. The van der Waals surface area contributed by atoms with Crippen molar-refractivity contribution in [3.05, 3.63) is 22.4 Å². The van der Waals surface area contributed by atoms with Crippen LogP contribution in [0.25, 0.3) is 0 Å². The molecule has 1 aromatic heterocycles. The lowest BCUT2D eigenvalue weighted by Gasteiger charge is -2.37. The van der Waals surface area contributed by atoms with Gasteiger partial charge in [-0.1, -0.05) is 19.9 Å². The molecule has 5 heteroatoms. The first kappa shape index (κ1) is 16.8. The zero-order chi connectivity index (χ0) is 13.0. The van der Waals surface area contributed by atoms with Crippen LogP contribution in [0, 0.1) is 11.8 Å². The first-order chi connectivity index (χ1) is 8.69. The summed E-state index contributed by atoms with van der Waals surface area (Å²) >= 11 is 1.79. The fourth-order valence-corrected chi connectivity index (χ4v) is 3.39. The van der Waals surface area contributed by atoms with E-state index < -0.39 is 0 Å². The normalized spacial score (nSPS) is 23.9. The summed E-state index contributed by atoms with van der Waals surface area (Å²) in [4.78, 5) is 8.17. The molecule has 0 radical (unpaired) electrons. The molecule has 0 spiro atoms. The number of halogens is 1. The van der Waals surface area contributed by atoms with Crippen LogP contribution in [-0.2, 0) is 6.54 Å². The number of hydrogen-bond donors (Lipinski definition) is 1. The summed E-state index contributed by atoms with van der Waals surface area (Å²) in [5.74, 6) is 2.56. The molecule has 1 aliphatic rings. The number of likely N-dealkylation sites (tertiary alicyclic amines) is 1. The van der Waals surface area contributed by atoms with Crippen LogP contribution in [0.3, 0.4) is 0 Å². The van der Waals surface area contributed by atoms with Crippen molar-refractivity contribution >= 4 is 41.3 Å². The lowest BCUT2D eigenvalue weighted by molar-refractivity contribution is 0.208. The van der Waals surface area contributed by atoms with Gasteiger partial charge in [-0.2, -0.15) is 0 Å². The van der Waals surface area contributed by atoms with Gasteiger partial charge in [-0.05, 0) is 29.7 Å². The number of piperidine rings is 1. The number of thiophene rings is 1. The summed E-state index contributed by atoms with van der Waals surface area (Å²) in [7, 11) is 1.88. The molecule has 2 rings (SSSR count). The molecule has 1 aliphatic heterocycles. The fourth-order valence-electron chi connectivity index (χ4n) is 2.75. The summed E-state index contributed by atoms with van der Waals surface area (Å²) in [5, 5.41) is 5.58. The quantitative estimate of drug-likeness (QED) is 0.474. The fraction of sp³-hybridized carbons (Fsp3) is 0.643. The average Bonchev–Trinajstić information content (AvgIpc) is 2.81. The predicted octanol–water partition coefficient (Wildman–Crippen LogP) is 3.42. The number of aliphatic imine (C=N–C) groups is 1. The molecule has 1 saturated heterocycles. The Kier molecular flexibility index (Phi) is 7.13. The van der Waals surface area contributed by atoms with Crippen molar-refractivity contribution in [1.29, 1.82) is 0 Å². The Hall–Kier alpha value is -0.300. The molecule has 0 saturated carbocycles. The minimum atomic E-state index is 0. The van der Waals surface area contributed by atoms with Crippen molar-refractivity contribution in [2.45, 2.75) is 26.8 Å². The monoisotopic (exact) mass is 393 g/mol. The smallest absolute Gasteiger partial charge is 0.193 e. The van der Waals surface area contributed by atoms with Crippen LogP contribution < -0.4 is 5.32 Å². The molecule has 0 amide bonds. The topological polar surface area (TPSA) is 27.6 Å². The number of guanidine groups is 1. The number of rotatable bonds is 2. The van der Waals surface area contributed by atoms with E-state index in [-0.39, 0.29) is 24.0 Å². The van der Waals surface area contributed by atoms with E-state index in [4.69, 9.17) is 0 Å². The second-order valence-electron chi connectivity index (χ2n) is 5.33. The van der Waals surface area contributed by atoms with E-state index in [1.165, 1.54) is 11.3 Å². The van der Waals surface area contributed by atoms with Crippen molar-refractivity contribution in [1.82, 2.24) is 10.2 Å². The highest BCUT2D eigenvalue weighted by atomic mass is 127.